The standard InChI is InChI=1S/C26H21ClFNO6/c1-3-35-21-12-14(7-10-20(21)30)23-22(24(31)15-5-4-6-17(11-15)34-2)25(32)26(33)29(23)16-8-9-19(28)18(27)13-16/h4-13,23,30-31H,3H2,1-2H3/b24-22+. The molecule has 35 heavy (non-hydrogen) atoms. The Labute approximate surface area is 205 Å². The van der Waals surface area contributed by atoms with Crippen molar-refractivity contribution in [3.8, 4) is 17.2 Å². The van der Waals surface area contributed by atoms with E-state index in [0.717, 1.165) is 11.0 Å². The fourth-order valence-electron chi connectivity index (χ4n) is 3.95. The van der Waals surface area contributed by atoms with Gasteiger partial charge in [-0.15, -0.1) is 0 Å². The smallest absolute Gasteiger partial charge is 0.300 e. The second-order valence-corrected chi connectivity index (χ2v) is 8.07. The van der Waals surface area contributed by atoms with E-state index in [2.05, 4.69) is 0 Å². The van der Waals surface area contributed by atoms with E-state index in [1.807, 2.05) is 0 Å². The predicted octanol–water partition coefficient (Wildman–Crippen LogP) is 5.22. The quantitative estimate of drug-likeness (QED) is 0.275. The molecule has 3 aromatic rings. The molecule has 7 nitrogen and oxygen atoms in total. The number of rotatable bonds is 6. The van der Waals surface area contributed by atoms with Crippen molar-refractivity contribution in [1.82, 2.24) is 0 Å². The Morgan fingerprint density at radius 1 is 1.11 bits per heavy atom. The lowest BCUT2D eigenvalue weighted by Crippen LogP contribution is -2.29. The number of carbonyl (C=O) groups excluding carboxylic acids is 2. The van der Waals surface area contributed by atoms with Crippen molar-refractivity contribution < 1.29 is 33.7 Å². The molecular weight excluding hydrogens is 477 g/mol. The van der Waals surface area contributed by atoms with E-state index >= 15 is 0 Å². The minimum Gasteiger partial charge on any atom is -0.507 e. The minimum absolute atomic E-state index is 0.133. The minimum atomic E-state index is -1.12. The van der Waals surface area contributed by atoms with Crippen molar-refractivity contribution in [2.45, 2.75) is 13.0 Å². The molecule has 180 valence electrons. The molecule has 1 unspecified atom stereocenters. The first kappa shape index (κ1) is 24.1. The zero-order chi connectivity index (χ0) is 25.3. The molecule has 4 rings (SSSR count). The number of ether oxygens (including phenoxy) is 2. The van der Waals surface area contributed by atoms with Gasteiger partial charge in [-0.1, -0.05) is 29.8 Å². The molecule has 1 saturated heterocycles. The number of nitrogens with zero attached hydrogens (tertiary/aromatic N) is 1. The number of amides is 1. The molecule has 3 aromatic carbocycles. The number of aliphatic hydroxyl groups excluding tert-OH is 1. The maximum absolute atomic E-state index is 13.9. The Balaban J connectivity index is 1.97. The molecule has 0 spiro atoms. The van der Waals surface area contributed by atoms with Crippen molar-refractivity contribution in [3.05, 3.63) is 88.2 Å². The topological polar surface area (TPSA) is 96.3 Å². The fraction of sp³-hybridized carbons (Fsp3) is 0.154. The van der Waals surface area contributed by atoms with Gasteiger partial charge in [0, 0.05) is 11.3 Å². The number of phenolic OH excluding ortho intramolecular Hbond substituents is 1. The summed E-state index contributed by atoms with van der Waals surface area (Å²) in [4.78, 5) is 27.6. The summed E-state index contributed by atoms with van der Waals surface area (Å²) in [5.41, 5.74) is 0.583. The van der Waals surface area contributed by atoms with Crippen LogP contribution in [0.3, 0.4) is 0 Å². The summed E-state index contributed by atoms with van der Waals surface area (Å²) >= 11 is 5.96. The lowest BCUT2D eigenvalue weighted by atomic mass is 9.94. The van der Waals surface area contributed by atoms with E-state index in [4.69, 9.17) is 21.1 Å². The number of aliphatic hydroxyl groups is 1. The van der Waals surface area contributed by atoms with E-state index < -0.39 is 29.3 Å². The van der Waals surface area contributed by atoms with Crippen molar-refractivity contribution in [1.29, 1.82) is 0 Å². The van der Waals surface area contributed by atoms with Crippen LogP contribution in [0.15, 0.2) is 66.2 Å². The number of aromatic hydroxyl groups is 1. The van der Waals surface area contributed by atoms with E-state index in [-0.39, 0.29) is 40.0 Å². The number of phenols is 1. The number of benzene rings is 3. The summed E-state index contributed by atoms with van der Waals surface area (Å²) in [5, 5.41) is 21.1. The Morgan fingerprint density at radius 3 is 2.57 bits per heavy atom. The van der Waals surface area contributed by atoms with E-state index in [9.17, 15) is 24.2 Å². The summed E-state index contributed by atoms with van der Waals surface area (Å²) in [6.07, 6.45) is 0. The molecule has 1 aliphatic heterocycles. The Hall–Kier alpha value is -4.04. The van der Waals surface area contributed by atoms with Crippen molar-refractivity contribution in [3.63, 3.8) is 0 Å². The molecule has 1 aliphatic rings. The summed E-state index contributed by atoms with van der Waals surface area (Å²) in [7, 11) is 1.46. The highest BCUT2D eigenvalue weighted by molar-refractivity contribution is 6.51. The Bertz CT molecular complexity index is 1360. The van der Waals surface area contributed by atoms with E-state index in [1.165, 1.54) is 43.5 Å². The van der Waals surface area contributed by atoms with E-state index in [1.54, 1.807) is 25.1 Å². The van der Waals surface area contributed by atoms with Gasteiger partial charge in [0.15, 0.2) is 11.5 Å². The van der Waals surface area contributed by atoms with Crippen LogP contribution >= 0.6 is 11.6 Å². The maximum atomic E-state index is 13.9. The van der Waals surface area contributed by atoms with Gasteiger partial charge in [-0.3, -0.25) is 14.5 Å². The highest BCUT2D eigenvalue weighted by atomic mass is 35.5. The first-order valence-electron chi connectivity index (χ1n) is 10.6. The van der Waals surface area contributed by atoms with Gasteiger partial charge in [-0.25, -0.2) is 4.39 Å². The van der Waals surface area contributed by atoms with Gasteiger partial charge < -0.3 is 19.7 Å². The second kappa shape index (κ2) is 9.68. The van der Waals surface area contributed by atoms with Crippen molar-refractivity contribution >= 4 is 34.7 Å². The van der Waals surface area contributed by atoms with Gasteiger partial charge >= 0.3 is 0 Å². The largest absolute Gasteiger partial charge is 0.507 e. The van der Waals surface area contributed by atoms with Crippen molar-refractivity contribution in [2.24, 2.45) is 0 Å². The van der Waals surface area contributed by atoms with Gasteiger partial charge in [-0.2, -0.15) is 0 Å². The number of carbonyl (C=O) groups is 2. The Morgan fingerprint density at radius 2 is 1.89 bits per heavy atom. The van der Waals surface area contributed by atoms with Crippen LogP contribution in [0.1, 0.15) is 24.1 Å². The average Bonchev–Trinajstić information content (AvgIpc) is 3.12. The van der Waals surface area contributed by atoms with E-state index in [0.29, 0.717) is 11.3 Å². The summed E-state index contributed by atoms with van der Waals surface area (Å²) in [6.45, 7) is 2.00. The highest BCUT2D eigenvalue weighted by Crippen LogP contribution is 2.44. The summed E-state index contributed by atoms with van der Waals surface area (Å²) in [6, 6.07) is 13.2. The number of Topliss-reactive ketones (excluding diaryl/α,β-unsaturated/α-hetero) is 1. The lowest BCUT2D eigenvalue weighted by Gasteiger charge is -2.26. The molecule has 1 atom stereocenters. The van der Waals surface area contributed by atoms with Crippen LogP contribution in [0.5, 0.6) is 17.2 Å². The van der Waals surface area contributed by atoms with Crippen LogP contribution in [0.2, 0.25) is 5.02 Å². The van der Waals surface area contributed by atoms with Crippen LogP contribution in [-0.2, 0) is 9.59 Å². The van der Waals surface area contributed by atoms with Gasteiger partial charge in [0.2, 0.25) is 0 Å². The molecular formula is C26H21ClFNO6. The molecule has 0 aromatic heterocycles. The zero-order valence-electron chi connectivity index (χ0n) is 18.8. The molecule has 2 N–H and O–H groups in total. The van der Waals surface area contributed by atoms with Crippen molar-refractivity contribution in [2.75, 3.05) is 18.6 Å². The fourth-order valence-corrected chi connectivity index (χ4v) is 4.12. The molecule has 1 fully saturated rings. The van der Waals surface area contributed by atoms with Gasteiger partial charge in [0.25, 0.3) is 11.7 Å². The van der Waals surface area contributed by atoms with Crippen LogP contribution < -0.4 is 14.4 Å². The first-order chi connectivity index (χ1) is 16.8. The second-order valence-electron chi connectivity index (χ2n) is 7.66. The average molecular weight is 498 g/mol. The molecule has 9 heteroatoms. The third-order valence-electron chi connectivity index (χ3n) is 5.57. The third-order valence-corrected chi connectivity index (χ3v) is 5.86. The van der Waals surface area contributed by atoms with Crippen LogP contribution in [-0.4, -0.2) is 35.6 Å². The number of hydrogen-bond donors (Lipinski definition) is 2. The number of anilines is 1. The number of methoxy groups -OCH3 is 1. The Kier molecular flexibility index (Phi) is 6.66. The SMILES string of the molecule is CCOc1cc(C2/C(=C(\O)c3cccc(OC)c3)C(=O)C(=O)N2c2ccc(F)c(Cl)c2)ccc1O. The van der Waals surface area contributed by atoms with Crippen LogP contribution in [0, 0.1) is 5.82 Å². The molecule has 0 aliphatic carbocycles. The third kappa shape index (κ3) is 4.40. The molecule has 0 bridgehead atoms. The zero-order valence-corrected chi connectivity index (χ0v) is 19.5. The molecule has 0 radical (unpaired) electrons. The molecule has 1 heterocycles. The highest BCUT2D eigenvalue weighted by Gasteiger charge is 2.47. The number of ketones is 1. The maximum Gasteiger partial charge on any atom is 0.300 e. The van der Waals surface area contributed by atoms with Crippen LogP contribution in [0.4, 0.5) is 10.1 Å². The van der Waals surface area contributed by atoms with Crippen LogP contribution in [0.25, 0.3) is 5.76 Å². The summed E-state index contributed by atoms with van der Waals surface area (Å²) in [5.74, 6) is -2.56. The normalized spacial score (nSPS) is 17.0. The molecule has 0 saturated carbocycles. The first-order valence-corrected chi connectivity index (χ1v) is 11.0. The van der Waals surface area contributed by atoms with Gasteiger partial charge in [0.1, 0.15) is 17.3 Å². The number of halogens is 2. The summed E-state index contributed by atoms with van der Waals surface area (Å²) < 4.78 is 24.5. The van der Waals surface area contributed by atoms with Gasteiger partial charge in [-0.05, 0) is 55.0 Å². The predicted molar refractivity (Wildman–Crippen MR) is 128 cm³/mol. The monoisotopic (exact) mass is 497 g/mol. The number of hydrogen-bond acceptors (Lipinski definition) is 6. The van der Waals surface area contributed by atoms with Gasteiger partial charge in [0.05, 0.1) is 30.4 Å². The molecule has 1 amide bonds. The lowest BCUT2D eigenvalue weighted by molar-refractivity contribution is -0.132.